The standard InChI is InChI=1S/C15H30N4O/c1-11-4-5-12(8-14(11)16)15(20)17-9-13-10-18(2)6-7-19(13)3/h11-14H,4-10,16H2,1-3H3,(H,17,20). The van der Waals surface area contributed by atoms with Gasteiger partial charge in [0.25, 0.3) is 0 Å². The lowest BCUT2D eigenvalue weighted by molar-refractivity contribution is -0.126. The number of amides is 1. The molecule has 0 aromatic carbocycles. The molecule has 5 heteroatoms. The van der Waals surface area contributed by atoms with Crippen molar-refractivity contribution in [3.8, 4) is 0 Å². The summed E-state index contributed by atoms with van der Waals surface area (Å²) in [5.74, 6) is 0.874. The van der Waals surface area contributed by atoms with E-state index in [-0.39, 0.29) is 17.9 Å². The fraction of sp³-hybridized carbons (Fsp3) is 0.933. The summed E-state index contributed by atoms with van der Waals surface area (Å²) in [6, 6.07) is 0.608. The molecule has 2 aliphatic rings. The van der Waals surface area contributed by atoms with Gasteiger partial charge in [-0.25, -0.2) is 0 Å². The van der Waals surface area contributed by atoms with Crippen molar-refractivity contribution in [2.75, 3.05) is 40.3 Å². The molecule has 4 unspecified atom stereocenters. The minimum absolute atomic E-state index is 0.118. The van der Waals surface area contributed by atoms with E-state index in [2.05, 4.69) is 36.1 Å². The number of nitrogens with one attached hydrogen (secondary N) is 1. The summed E-state index contributed by atoms with van der Waals surface area (Å²) in [5, 5.41) is 3.15. The second kappa shape index (κ2) is 6.87. The van der Waals surface area contributed by atoms with E-state index in [1.165, 1.54) is 0 Å². The van der Waals surface area contributed by atoms with E-state index in [4.69, 9.17) is 5.73 Å². The third-order valence-corrected chi connectivity index (χ3v) is 5.12. The lowest BCUT2D eigenvalue weighted by Crippen LogP contribution is -2.55. The Bertz CT molecular complexity index is 336. The first-order valence-corrected chi connectivity index (χ1v) is 7.89. The lowest BCUT2D eigenvalue weighted by atomic mass is 9.79. The van der Waals surface area contributed by atoms with E-state index in [1.807, 2.05) is 0 Å². The van der Waals surface area contributed by atoms with Crippen LogP contribution in [-0.2, 0) is 4.79 Å². The fourth-order valence-electron chi connectivity index (χ4n) is 3.28. The number of piperazine rings is 1. The largest absolute Gasteiger partial charge is 0.354 e. The number of rotatable bonds is 3. The van der Waals surface area contributed by atoms with Crippen LogP contribution in [-0.4, -0.2) is 68.1 Å². The molecule has 1 saturated carbocycles. The molecule has 116 valence electrons. The Balaban J connectivity index is 1.77. The highest BCUT2D eigenvalue weighted by atomic mass is 16.1. The van der Waals surface area contributed by atoms with Crippen LogP contribution in [0.25, 0.3) is 0 Å². The second-order valence-electron chi connectivity index (χ2n) is 6.79. The van der Waals surface area contributed by atoms with E-state index in [1.54, 1.807) is 0 Å². The van der Waals surface area contributed by atoms with Crippen LogP contribution in [0.2, 0.25) is 0 Å². The molecular weight excluding hydrogens is 252 g/mol. The molecule has 1 amide bonds. The van der Waals surface area contributed by atoms with Gasteiger partial charge in [0.05, 0.1) is 0 Å². The molecule has 0 spiro atoms. The Hall–Kier alpha value is -0.650. The van der Waals surface area contributed by atoms with E-state index in [9.17, 15) is 4.79 Å². The molecule has 0 bridgehead atoms. The molecule has 4 atom stereocenters. The highest BCUT2D eigenvalue weighted by Crippen LogP contribution is 2.27. The minimum atomic E-state index is 0.118. The first-order chi connectivity index (χ1) is 9.47. The Morgan fingerprint density at radius 3 is 2.75 bits per heavy atom. The summed E-state index contributed by atoms with van der Waals surface area (Å²) in [6.07, 6.45) is 2.90. The van der Waals surface area contributed by atoms with Crippen molar-refractivity contribution in [1.82, 2.24) is 15.1 Å². The Morgan fingerprint density at radius 2 is 2.05 bits per heavy atom. The topological polar surface area (TPSA) is 61.6 Å². The van der Waals surface area contributed by atoms with Gasteiger partial charge in [-0.2, -0.15) is 0 Å². The predicted octanol–water partition coefficient (Wildman–Crippen LogP) is 0.112. The van der Waals surface area contributed by atoms with Crippen LogP contribution >= 0.6 is 0 Å². The molecule has 2 fully saturated rings. The monoisotopic (exact) mass is 282 g/mol. The van der Waals surface area contributed by atoms with Crippen molar-refractivity contribution in [3.05, 3.63) is 0 Å². The molecule has 2 rings (SSSR count). The van der Waals surface area contributed by atoms with Crippen molar-refractivity contribution >= 4 is 5.91 Å². The zero-order valence-corrected chi connectivity index (χ0v) is 13.1. The van der Waals surface area contributed by atoms with Crippen molar-refractivity contribution < 1.29 is 4.79 Å². The van der Waals surface area contributed by atoms with Gasteiger partial charge < -0.3 is 16.0 Å². The number of likely N-dealkylation sites (N-methyl/N-ethyl adjacent to an activating group) is 2. The van der Waals surface area contributed by atoms with E-state index >= 15 is 0 Å². The first kappa shape index (κ1) is 15.7. The summed E-state index contributed by atoms with van der Waals surface area (Å²) in [6.45, 7) is 6.14. The quantitative estimate of drug-likeness (QED) is 0.771. The van der Waals surface area contributed by atoms with Crippen LogP contribution in [0.3, 0.4) is 0 Å². The average molecular weight is 282 g/mol. The zero-order valence-electron chi connectivity index (χ0n) is 13.1. The number of carbonyl (C=O) groups excluding carboxylic acids is 1. The number of hydrogen-bond donors (Lipinski definition) is 2. The second-order valence-corrected chi connectivity index (χ2v) is 6.79. The minimum Gasteiger partial charge on any atom is -0.354 e. The first-order valence-electron chi connectivity index (χ1n) is 7.89. The van der Waals surface area contributed by atoms with Crippen LogP contribution in [0.5, 0.6) is 0 Å². The van der Waals surface area contributed by atoms with Gasteiger partial charge in [-0.05, 0) is 39.3 Å². The summed E-state index contributed by atoms with van der Waals surface area (Å²) in [7, 11) is 4.28. The maximum atomic E-state index is 12.3. The van der Waals surface area contributed by atoms with Crippen molar-refractivity contribution in [3.63, 3.8) is 0 Å². The van der Waals surface area contributed by atoms with Crippen LogP contribution in [0, 0.1) is 11.8 Å². The lowest BCUT2D eigenvalue weighted by Gasteiger charge is -2.38. The van der Waals surface area contributed by atoms with Gasteiger partial charge in [0.2, 0.25) is 5.91 Å². The molecule has 0 aromatic rings. The zero-order chi connectivity index (χ0) is 14.7. The van der Waals surface area contributed by atoms with Crippen molar-refractivity contribution in [2.24, 2.45) is 17.6 Å². The molecule has 0 radical (unpaired) electrons. The molecule has 3 N–H and O–H groups in total. The van der Waals surface area contributed by atoms with Crippen molar-refractivity contribution in [1.29, 1.82) is 0 Å². The normalized spacial score (nSPS) is 36.8. The van der Waals surface area contributed by atoms with Gasteiger partial charge in [-0.1, -0.05) is 6.92 Å². The summed E-state index contributed by atoms with van der Waals surface area (Å²) >= 11 is 0. The van der Waals surface area contributed by atoms with Gasteiger partial charge in [0.15, 0.2) is 0 Å². The maximum Gasteiger partial charge on any atom is 0.223 e. The fourth-order valence-corrected chi connectivity index (χ4v) is 3.28. The number of nitrogens with two attached hydrogens (primary N) is 1. The molecule has 1 saturated heterocycles. The summed E-state index contributed by atoms with van der Waals surface area (Å²) < 4.78 is 0. The molecule has 0 aromatic heterocycles. The third-order valence-electron chi connectivity index (χ3n) is 5.12. The van der Waals surface area contributed by atoms with Crippen LogP contribution in [0.15, 0.2) is 0 Å². The number of hydrogen-bond acceptors (Lipinski definition) is 4. The summed E-state index contributed by atoms with van der Waals surface area (Å²) in [4.78, 5) is 17.0. The molecule has 1 heterocycles. The molecule has 1 aliphatic carbocycles. The van der Waals surface area contributed by atoms with Gasteiger partial charge in [0, 0.05) is 44.2 Å². The Labute approximate surface area is 122 Å². The van der Waals surface area contributed by atoms with Gasteiger partial charge >= 0.3 is 0 Å². The van der Waals surface area contributed by atoms with Crippen LogP contribution < -0.4 is 11.1 Å². The SMILES string of the molecule is CC1CCC(C(=O)NCC2CN(C)CCN2C)CC1N. The van der Waals surface area contributed by atoms with Gasteiger partial charge in [-0.15, -0.1) is 0 Å². The number of nitrogens with zero attached hydrogens (tertiary/aromatic N) is 2. The van der Waals surface area contributed by atoms with E-state index in [0.717, 1.165) is 45.4 Å². The number of carbonyl (C=O) groups is 1. The molecule has 5 nitrogen and oxygen atoms in total. The predicted molar refractivity (Wildman–Crippen MR) is 81.4 cm³/mol. The highest BCUT2D eigenvalue weighted by molar-refractivity contribution is 5.78. The Morgan fingerprint density at radius 1 is 1.30 bits per heavy atom. The average Bonchev–Trinajstić information content (AvgIpc) is 2.42. The molecular formula is C15H30N4O. The molecule has 20 heavy (non-hydrogen) atoms. The summed E-state index contributed by atoms with van der Waals surface area (Å²) in [5.41, 5.74) is 6.09. The Kier molecular flexibility index (Phi) is 5.41. The third kappa shape index (κ3) is 3.93. The van der Waals surface area contributed by atoms with Gasteiger partial charge in [-0.3, -0.25) is 9.69 Å². The van der Waals surface area contributed by atoms with Crippen LogP contribution in [0.4, 0.5) is 0 Å². The van der Waals surface area contributed by atoms with Crippen molar-refractivity contribution in [2.45, 2.75) is 38.3 Å². The van der Waals surface area contributed by atoms with Gasteiger partial charge in [0.1, 0.15) is 0 Å². The van der Waals surface area contributed by atoms with Crippen LogP contribution in [0.1, 0.15) is 26.2 Å². The van der Waals surface area contributed by atoms with E-state index in [0.29, 0.717) is 12.0 Å². The van der Waals surface area contributed by atoms with E-state index < -0.39 is 0 Å². The highest BCUT2D eigenvalue weighted by Gasteiger charge is 2.30. The smallest absolute Gasteiger partial charge is 0.223 e. The maximum absolute atomic E-state index is 12.3. The molecule has 1 aliphatic heterocycles.